The number of piperidine rings is 1. The molecule has 0 bridgehead atoms. The maximum atomic E-state index is 12.7. The van der Waals surface area contributed by atoms with E-state index in [0.717, 1.165) is 32.6 Å². The summed E-state index contributed by atoms with van der Waals surface area (Å²) in [4.78, 5) is 17.5. The van der Waals surface area contributed by atoms with Crippen LogP contribution < -0.4 is 5.32 Å². The number of amides is 1. The molecule has 21 heavy (non-hydrogen) atoms. The molecule has 3 heterocycles. The fourth-order valence-electron chi connectivity index (χ4n) is 3.93. The lowest BCUT2D eigenvalue weighted by atomic mass is 9.87. The average Bonchev–Trinajstić information content (AvgIpc) is 3.10. The molecule has 4 nitrogen and oxygen atoms in total. The highest BCUT2D eigenvalue weighted by Gasteiger charge is 2.41. The Bertz CT molecular complexity index is 342. The molecule has 2 unspecified atom stereocenters. The van der Waals surface area contributed by atoms with Gasteiger partial charge in [-0.25, -0.2) is 0 Å². The Hall–Kier alpha value is -0.0300. The number of rotatable bonds is 2. The van der Waals surface area contributed by atoms with Gasteiger partial charge in [0, 0.05) is 25.7 Å². The molecule has 0 aromatic heterocycles. The molecule has 3 aliphatic heterocycles. The molecular weight excluding hydrogens is 309 g/mol. The van der Waals surface area contributed by atoms with Crippen LogP contribution in [0.3, 0.4) is 0 Å². The zero-order valence-corrected chi connectivity index (χ0v) is 14.6. The first kappa shape index (κ1) is 19.0. The number of halogens is 2. The molecule has 3 rings (SSSR count). The van der Waals surface area contributed by atoms with Crippen molar-refractivity contribution in [2.75, 3.05) is 39.3 Å². The number of likely N-dealkylation sites (tertiary alicyclic amines) is 2. The fourth-order valence-corrected chi connectivity index (χ4v) is 3.93. The lowest BCUT2D eigenvalue weighted by molar-refractivity contribution is -0.142. The Kier molecular flexibility index (Phi) is 7.25. The smallest absolute Gasteiger partial charge is 0.229 e. The van der Waals surface area contributed by atoms with Gasteiger partial charge in [0.15, 0.2) is 0 Å². The number of carbonyl (C=O) groups excluding carboxylic acids is 1. The van der Waals surface area contributed by atoms with Crippen LogP contribution in [-0.2, 0) is 4.79 Å². The quantitative estimate of drug-likeness (QED) is 0.836. The van der Waals surface area contributed by atoms with Gasteiger partial charge in [0.05, 0.1) is 5.41 Å². The summed E-state index contributed by atoms with van der Waals surface area (Å²) in [5.41, 5.74) is -0.146. The van der Waals surface area contributed by atoms with Crippen LogP contribution in [0.5, 0.6) is 0 Å². The summed E-state index contributed by atoms with van der Waals surface area (Å²) in [6, 6.07) is 0.623. The SMILES string of the molecule is CC1(C(=O)N2CCCC(N3CCCC3)C2)CCNC1.Cl.Cl. The summed E-state index contributed by atoms with van der Waals surface area (Å²) in [7, 11) is 0. The average molecular weight is 338 g/mol. The Morgan fingerprint density at radius 3 is 2.48 bits per heavy atom. The normalized spacial score (nSPS) is 33.4. The second-order valence-electron chi connectivity index (χ2n) is 6.78. The molecule has 0 aromatic rings. The van der Waals surface area contributed by atoms with E-state index in [1.807, 2.05) is 0 Å². The zero-order chi connectivity index (χ0) is 13.3. The first-order valence-corrected chi connectivity index (χ1v) is 7.93. The van der Waals surface area contributed by atoms with E-state index in [4.69, 9.17) is 0 Å². The molecule has 3 aliphatic rings. The zero-order valence-electron chi connectivity index (χ0n) is 13.0. The highest BCUT2D eigenvalue weighted by Crippen LogP contribution is 2.29. The predicted molar refractivity (Wildman–Crippen MR) is 90.5 cm³/mol. The van der Waals surface area contributed by atoms with Gasteiger partial charge in [-0.05, 0) is 58.7 Å². The van der Waals surface area contributed by atoms with E-state index in [1.54, 1.807) is 0 Å². The van der Waals surface area contributed by atoms with Crippen molar-refractivity contribution < 1.29 is 4.79 Å². The molecule has 0 radical (unpaired) electrons. The maximum Gasteiger partial charge on any atom is 0.229 e. The number of hydrogen-bond acceptors (Lipinski definition) is 3. The summed E-state index contributed by atoms with van der Waals surface area (Å²) in [6.07, 6.45) is 6.13. The Morgan fingerprint density at radius 1 is 1.14 bits per heavy atom. The van der Waals surface area contributed by atoms with Gasteiger partial charge < -0.3 is 10.2 Å². The van der Waals surface area contributed by atoms with Crippen LogP contribution in [-0.4, -0.2) is 61.0 Å². The van der Waals surface area contributed by atoms with Crippen molar-refractivity contribution in [1.29, 1.82) is 0 Å². The van der Waals surface area contributed by atoms with Gasteiger partial charge >= 0.3 is 0 Å². The van der Waals surface area contributed by atoms with Crippen LogP contribution in [0.1, 0.15) is 39.0 Å². The predicted octanol–water partition coefficient (Wildman–Crippen LogP) is 1.92. The van der Waals surface area contributed by atoms with Crippen LogP contribution in [0.25, 0.3) is 0 Å². The fraction of sp³-hybridized carbons (Fsp3) is 0.933. The molecule has 2 atom stereocenters. The van der Waals surface area contributed by atoms with Crippen molar-refractivity contribution in [2.45, 2.75) is 45.1 Å². The third kappa shape index (κ3) is 4.04. The third-order valence-corrected chi connectivity index (χ3v) is 5.23. The van der Waals surface area contributed by atoms with Crippen molar-refractivity contribution in [3.05, 3.63) is 0 Å². The number of carbonyl (C=O) groups is 1. The summed E-state index contributed by atoms with van der Waals surface area (Å²) in [6.45, 7) is 8.40. The van der Waals surface area contributed by atoms with Crippen LogP contribution in [0, 0.1) is 5.41 Å². The van der Waals surface area contributed by atoms with Gasteiger partial charge in [-0.3, -0.25) is 9.69 Å². The molecule has 0 aromatic carbocycles. The van der Waals surface area contributed by atoms with E-state index in [9.17, 15) is 4.79 Å². The van der Waals surface area contributed by atoms with Crippen LogP contribution in [0.4, 0.5) is 0 Å². The highest BCUT2D eigenvalue weighted by atomic mass is 35.5. The molecule has 0 spiro atoms. The van der Waals surface area contributed by atoms with E-state index in [1.165, 1.54) is 38.8 Å². The summed E-state index contributed by atoms with van der Waals surface area (Å²) in [5.74, 6) is 0.390. The van der Waals surface area contributed by atoms with E-state index in [2.05, 4.69) is 22.0 Å². The minimum absolute atomic E-state index is 0. The number of nitrogens with one attached hydrogen (secondary N) is 1. The van der Waals surface area contributed by atoms with E-state index in [-0.39, 0.29) is 30.2 Å². The molecule has 3 fully saturated rings. The van der Waals surface area contributed by atoms with Gasteiger partial charge in [-0.2, -0.15) is 0 Å². The minimum atomic E-state index is -0.146. The van der Waals surface area contributed by atoms with Gasteiger partial charge in [-0.1, -0.05) is 0 Å². The highest BCUT2D eigenvalue weighted by molar-refractivity contribution is 5.85. The number of nitrogens with zero attached hydrogens (tertiary/aromatic N) is 2. The van der Waals surface area contributed by atoms with E-state index >= 15 is 0 Å². The molecule has 124 valence electrons. The molecular formula is C15H29Cl2N3O. The molecule has 3 saturated heterocycles. The summed E-state index contributed by atoms with van der Waals surface area (Å²) < 4.78 is 0. The third-order valence-electron chi connectivity index (χ3n) is 5.23. The lowest BCUT2D eigenvalue weighted by Crippen LogP contribution is -2.53. The summed E-state index contributed by atoms with van der Waals surface area (Å²) in [5, 5.41) is 3.34. The Labute approximate surface area is 140 Å². The minimum Gasteiger partial charge on any atom is -0.341 e. The molecule has 0 saturated carbocycles. The monoisotopic (exact) mass is 337 g/mol. The largest absolute Gasteiger partial charge is 0.341 e. The summed E-state index contributed by atoms with van der Waals surface area (Å²) >= 11 is 0. The van der Waals surface area contributed by atoms with E-state index < -0.39 is 0 Å². The van der Waals surface area contributed by atoms with Crippen LogP contribution in [0.2, 0.25) is 0 Å². The van der Waals surface area contributed by atoms with Gasteiger partial charge in [0.1, 0.15) is 0 Å². The van der Waals surface area contributed by atoms with Crippen molar-refractivity contribution in [2.24, 2.45) is 5.41 Å². The molecule has 6 heteroatoms. The first-order chi connectivity index (χ1) is 9.19. The van der Waals surface area contributed by atoms with Crippen molar-refractivity contribution in [1.82, 2.24) is 15.1 Å². The van der Waals surface area contributed by atoms with Crippen molar-refractivity contribution in [3.63, 3.8) is 0 Å². The molecule has 1 amide bonds. The van der Waals surface area contributed by atoms with Gasteiger partial charge in [-0.15, -0.1) is 24.8 Å². The molecule has 0 aliphatic carbocycles. The van der Waals surface area contributed by atoms with Crippen molar-refractivity contribution in [3.8, 4) is 0 Å². The van der Waals surface area contributed by atoms with Crippen LogP contribution in [0.15, 0.2) is 0 Å². The second kappa shape index (κ2) is 8.00. The Morgan fingerprint density at radius 2 is 1.86 bits per heavy atom. The lowest BCUT2D eigenvalue weighted by Gasteiger charge is -2.40. The van der Waals surface area contributed by atoms with Gasteiger partial charge in [0.25, 0.3) is 0 Å². The number of hydrogen-bond donors (Lipinski definition) is 1. The Balaban J connectivity index is 0.00000110. The maximum absolute atomic E-state index is 12.7. The first-order valence-electron chi connectivity index (χ1n) is 7.93. The second-order valence-corrected chi connectivity index (χ2v) is 6.78. The van der Waals surface area contributed by atoms with Crippen molar-refractivity contribution >= 4 is 30.7 Å². The van der Waals surface area contributed by atoms with Gasteiger partial charge in [0.2, 0.25) is 5.91 Å². The topological polar surface area (TPSA) is 35.6 Å². The standard InChI is InChI=1S/C15H27N3O.2ClH/c1-15(6-7-16-12-15)14(19)18-10-4-5-13(11-18)17-8-2-3-9-17;;/h13,16H,2-12H2,1H3;2*1H. The molecule has 1 N–H and O–H groups in total. The van der Waals surface area contributed by atoms with E-state index in [0.29, 0.717) is 11.9 Å². The van der Waals surface area contributed by atoms with Crippen LogP contribution >= 0.6 is 24.8 Å².